The van der Waals surface area contributed by atoms with E-state index in [0.717, 1.165) is 6.26 Å². The predicted octanol–water partition coefficient (Wildman–Crippen LogP) is 1.07. The van der Waals surface area contributed by atoms with E-state index in [-0.39, 0.29) is 29.4 Å². The molecule has 0 aliphatic heterocycles. The van der Waals surface area contributed by atoms with Gasteiger partial charge in [-0.3, -0.25) is 10.1 Å². The van der Waals surface area contributed by atoms with Crippen LogP contribution in [0.2, 0.25) is 0 Å². The highest BCUT2D eigenvalue weighted by molar-refractivity contribution is 7.90. The van der Waals surface area contributed by atoms with Crippen molar-refractivity contribution in [2.75, 3.05) is 18.6 Å². The minimum atomic E-state index is -3.14. The van der Waals surface area contributed by atoms with Crippen LogP contribution in [0.3, 0.4) is 0 Å². The van der Waals surface area contributed by atoms with Crippen molar-refractivity contribution in [3.05, 3.63) is 33.9 Å². The first kappa shape index (κ1) is 15.4. The van der Waals surface area contributed by atoms with E-state index < -0.39 is 20.9 Å². The molecule has 106 valence electrons. The van der Waals surface area contributed by atoms with E-state index in [4.69, 9.17) is 4.74 Å². The third kappa shape index (κ3) is 4.84. The summed E-state index contributed by atoms with van der Waals surface area (Å²) in [6.45, 7) is 1.37. The van der Waals surface area contributed by atoms with Gasteiger partial charge in [0.05, 0.1) is 16.8 Å². The van der Waals surface area contributed by atoms with Crippen LogP contribution < -0.4 is 4.74 Å². The molecular weight excluding hydrogens is 274 g/mol. The molecule has 8 heteroatoms. The Bertz CT molecular complexity index is 567. The molecule has 0 bridgehead atoms. The zero-order valence-corrected chi connectivity index (χ0v) is 11.4. The summed E-state index contributed by atoms with van der Waals surface area (Å²) in [6, 6.07) is 3.80. The van der Waals surface area contributed by atoms with Crippen molar-refractivity contribution in [3.63, 3.8) is 0 Å². The lowest BCUT2D eigenvalue weighted by Gasteiger charge is -2.12. The SMILES string of the molecule is C[C@@H](O)c1cc([N+](=O)[O-])ccc1OCCS(C)(=O)=O. The molecule has 1 aromatic carbocycles. The molecule has 0 aliphatic carbocycles. The van der Waals surface area contributed by atoms with Crippen LogP contribution in [0.4, 0.5) is 5.69 Å². The lowest BCUT2D eigenvalue weighted by Crippen LogP contribution is -2.13. The number of benzene rings is 1. The molecule has 0 heterocycles. The summed E-state index contributed by atoms with van der Waals surface area (Å²) in [7, 11) is -3.14. The van der Waals surface area contributed by atoms with Gasteiger partial charge in [-0.05, 0) is 13.0 Å². The second-order valence-electron chi connectivity index (χ2n) is 4.13. The molecule has 0 radical (unpaired) electrons. The summed E-state index contributed by atoms with van der Waals surface area (Å²) < 4.78 is 27.2. The molecule has 1 rings (SSSR count). The number of hydrogen-bond acceptors (Lipinski definition) is 6. The normalized spacial score (nSPS) is 13.0. The van der Waals surface area contributed by atoms with Gasteiger partial charge in [-0.2, -0.15) is 0 Å². The van der Waals surface area contributed by atoms with Crippen molar-refractivity contribution in [2.45, 2.75) is 13.0 Å². The smallest absolute Gasteiger partial charge is 0.270 e. The van der Waals surface area contributed by atoms with E-state index in [0.29, 0.717) is 0 Å². The Labute approximate surface area is 110 Å². The maximum absolute atomic E-state index is 11.0. The van der Waals surface area contributed by atoms with Gasteiger partial charge in [0.2, 0.25) is 0 Å². The van der Waals surface area contributed by atoms with Gasteiger partial charge in [0.15, 0.2) is 9.84 Å². The summed E-state index contributed by atoms with van der Waals surface area (Å²) in [5, 5.41) is 20.2. The van der Waals surface area contributed by atoms with Crippen molar-refractivity contribution in [3.8, 4) is 5.75 Å². The fraction of sp³-hybridized carbons (Fsp3) is 0.455. The Morgan fingerprint density at radius 1 is 1.47 bits per heavy atom. The summed E-state index contributed by atoms with van der Waals surface area (Å²) in [5.41, 5.74) is 0.0917. The van der Waals surface area contributed by atoms with Gasteiger partial charge >= 0.3 is 0 Å². The van der Waals surface area contributed by atoms with Crippen molar-refractivity contribution < 1.29 is 23.2 Å². The van der Waals surface area contributed by atoms with E-state index in [9.17, 15) is 23.6 Å². The third-order valence-electron chi connectivity index (χ3n) is 2.37. The zero-order chi connectivity index (χ0) is 14.6. The van der Waals surface area contributed by atoms with Gasteiger partial charge in [-0.1, -0.05) is 0 Å². The minimum absolute atomic E-state index is 0.0731. The first-order chi connectivity index (χ1) is 8.70. The summed E-state index contributed by atoms with van der Waals surface area (Å²) in [5.74, 6) is 0.0766. The van der Waals surface area contributed by atoms with Crippen LogP contribution in [0.15, 0.2) is 18.2 Å². The standard InChI is InChI=1S/C11H15NO6S/c1-8(13)10-7-9(12(14)15)3-4-11(10)18-5-6-19(2,16)17/h3-4,7-8,13H,5-6H2,1-2H3/t8-/m1/s1. The van der Waals surface area contributed by atoms with Gasteiger partial charge in [0.1, 0.15) is 12.4 Å². The van der Waals surface area contributed by atoms with Crippen LogP contribution in [0.25, 0.3) is 0 Å². The summed E-state index contributed by atoms with van der Waals surface area (Å²) in [4.78, 5) is 10.1. The van der Waals surface area contributed by atoms with Crippen molar-refractivity contribution in [1.29, 1.82) is 0 Å². The number of ether oxygens (including phenoxy) is 1. The third-order valence-corrected chi connectivity index (χ3v) is 3.27. The van der Waals surface area contributed by atoms with Crippen molar-refractivity contribution in [1.82, 2.24) is 0 Å². The molecule has 0 aromatic heterocycles. The van der Waals surface area contributed by atoms with Crippen molar-refractivity contribution >= 4 is 15.5 Å². The molecule has 0 aliphatic rings. The Hall–Kier alpha value is -1.67. The molecule has 19 heavy (non-hydrogen) atoms. The van der Waals surface area contributed by atoms with Crippen LogP contribution in [0.5, 0.6) is 5.75 Å². The van der Waals surface area contributed by atoms with E-state index >= 15 is 0 Å². The molecule has 0 fully saturated rings. The molecule has 1 atom stereocenters. The van der Waals surface area contributed by atoms with Crippen LogP contribution in [-0.2, 0) is 9.84 Å². The first-order valence-corrected chi connectivity index (χ1v) is 7.53. The highest BCUT2D eigenvalue weighted by Gasteiger charge is 2.15. The number of rotatable bonds is 6. The number of sulfone groups is 1. The quantitative estimate of drug-likeness (QED) is 0.620. The van der Waals surface area contributed by atoms with Crippen molar-refractivity contribution in [2.24, 2.45) is 0 Å². The first-order valence-electron chi connectivity index (χ1n) is 5.47. The molecule has 0 unspecified atom stereocenters. The number of aliphatic hydroxyl groups is 1. The molecule has 7 nitrogen and oxygen atoms in total. The maximum atomic E-state index is 11.0. The fourth-order valence-electron chi connectivity index (χ4n) is 1.41. The number of non-ortho nitro benzene ring substituents is 1. The van der Waals surface area contributed by atoms with Crippen LogP contribution in [-0.4, -0.2) is 37.1 Å². The predicted molar refractivity (Wildman–Crippen MR) is 68.9 cm³/mol. The van der Waals surface area contributed by atoms with Gasteiger partial charge in [-0.15, -0.1) is 0 Å². The number of nitro groups is 1. The largest absolute Gasteiger partial charge is 0.492 e. The summed E-state index contributed by atoms with van der Waals surface area (Å²) >= 11 is 0. The molecule has 0 amide bonds. The van der Waals surface area contributed by atoms with Gasteiger partial charge in [0, 0.05) is 24.0 Å². The maximum Gasteiger partial charge on any atom is 0.270 e. The topological polar surface area (TPSA) is 107 Å². The molecule has 0 spiro atoms. The second kappa shape index (κ2) is 5.98. The lowest BCUT2D eigenvalue weighted by molar-refractivity contribution is -0.385. The second-order valence-corrected chi connectivity index (χ2v) is 6.39. The Balaban J connectivity index is 2.91. The number of aliphatic hydroxyl groups excluding tert-OH is 1. The number of nitrogens with zero attached hydrogens (tertiary/aromatic N) is 1. The highest BCUT2D eigenvalue weighted by atomic mass is 32.2. The lowest BCUT2D eigenvalue weighted by atomic mass is 10.1. The van der Waals surface area contributed by atoms with E-state index in [1.165, 1.54) is 25.1 Å². The number of hydrogen-bond donors (Lipinski definition) is 1. The molecule has 1 aromatic rings. The fourth-order valence-corrected chi connectivity index (χ4v) is 1.80. The van der Waals surface area contributed by atoms with Gasteiger partial charge in [-0.25, -0.2) is 8.42 Å². The van der Waals surface area contributed by atoms with Gasteiger partial charge < -0.3 is 9.84 Å². The van der Waals surface area contributed by atoms with Gasteiger partial charge in [0.25, 0.3) is 5.69 Å². The van der Waals surface area contributed by atoms with Crippen LogP contribution in [0, 0.1) is 10.1 Å². The van der Waals surface area contributed by atoms with E-state index in [1.54, 1.807) is 0 Å². The van der Waals surface area contributed by atoms with E-state index in [2.05, 4.69) is 0 Å². The van der Waals surface area contributed by atoms with E-state index in [1.807, 2.05) is 0 Å². The Morgan fingerprint density at radius 2 is 2.11 bits per heavy atom. The summed E-state index contributed by atoms with van der Waals surface area (Å²) in [6.07, 6.45) is 0.134. The van der Waals surface area contributed by atoms with Crippen LogP contribution >= 0.6 is 0 Å². The molecule has 0 saturated carbocycles. The number of nitro benzene ring substituents is 1. The zero-order valence-electron chi connectivity index (χ0n) is 10.6. The molecule has 1 N–H and O–H groups in total. The molecular formula is C11H15NO6S. The Morgan fingerprint density at radius 3 is 2.58 bits per heavy atom. The average molecular weight is 289 g/mol. The average Bonchev–Trinajstić information content (AvgIpc) is 2.27. The monoisotopic (exact) mass is 289 g/mol. The molecule has 0 saturated heterocycles. The minimum Gasteiger partial charge on any atom is -0.492 e. The Kier molecular flexibility index (Phi) is 4.84. The highest BCUT2D eigenvalue weighted by Crippen LogP contribution is 2.29. The van der Waals surface area contributed by atoms with Crippen LogP contribution in [0.1, 0.15) is 18.6 Å².